The van der Waals surface area contributed by atoms with Crippen molar-refractivity contribution in [3.8, 4) is 5.75 Å². The largest absolute Gasteiger partial charge is 0.488 e. The lowest BCUT2D eigenvalue weighted by Gasteiger charge is -2.15. The van der Waals surface area contributed by atoms with Crippen molar-refractivity contribution in [1.29, 1.82) is 0 Å². The number of fused-ring (bicyclic) bond motifs is 3. The molecule has 0 atom stereocenters. The van der Waals surface area contributed by atoms with E-state index in [-0.39, 0.29) is 23.9 Å². The maximum atomic E-state index is 14.2. The van der Waals surface area contributed by atoms with Crippen LogP contribution < -0.4 is 10.5 Å². The van der Waals surface area contributed by atoms with E-state index in [1.807, 2.05) is 28.8 Å². The molecule has 0 bridgehead atoms. The van der Waals surface area contributed by atoms with Crippen molar-refractivity contribution < 1.29 is 26.8 Å². The molecule has 3 aromatic carbocycles. The summed E-state index contributed by atoms with van der Waals surface area (Å²) in [6.45, 7) is 2.54. The van der Waals surface area contributed by atoms with Crippen LogP contribution in [0.15, 0.2) is 68.8 Å². The van der Waals surface area contributed by atoms with Crippen LogP contribution in [0.5, 0.6) is 5.75 Å². The molecule has 0 spiro atoms. The van der Waals surface area contributed by atoms with Gasteiger partial charge in [0, 0.05) is 37.1 Å². The number of nitrogens with zero attached hydrogens (tertiary/aromatic N) is 3. The van der Waals surface area contributed by atoms with Gasteiger partial charge in [0.25, 0.3) is 0 Å². The zero-order valence-electron chi connectivity index (χ0n) is 22.4. The second-order valence-electron chi connectivity index (χ2n) is 9.81. The lowest BCUT2D eigenvalue weighted by Crippen LogP contribution is -2.07. The number of benzene rings is 3. The smallest absolute Gasteiger partial charge is 0.439 e. The molecule has 210 valence electrons. The van der Waals surface area contributed by atoms with E-state index in [9.17, 15) is 17.6 Å². The molecular weight excluding hydrogens is 551 g/mol. The molecule has 5 aromatic rings. The number of ether oxygens (including phenoxy) is 2. The first kappa shape index (κ1) is 26.7. The number of methoxy groups -OCH3 is 1. The van der Waals surface area contributed by atoms with Crippen LogP contribution in [-0.2, 0) is 34.3 Å². The fourth-order valence-electron chi connectivity index (χ4n) is 5.21. The average molecular weight is 577 g/mol. The Morgan fingerprint density at radius 1 is 1.15 bits per heavy atom. The first-order valence-electron chi connectivity index (χ1n) is 12.6. The van der Waals surface area contributed by atoms with Gasteiger partial charge in [-0.25, -0.2) is 22.6 Å². The molecule has 41 heavy (non-hydrogen) atoms. The lowest BCUT2D eigenvalue weighted by molar-refractivity contribution is 0.175. The van der Waals surface area contributed by atoms with Crippen LogP contribution in [0.2, 0.25) is 0 Å². The lowest BCUT2D eigenvalue weighted by atomic mass is 9.89. The minimum absolute atomic E-state index is 0.155. The van der Waals surface area contributed by atoms with Gasteiger partial charge in [0.1, 0.15) is 36.1 Å². The second-order valence-corrected chi connectivity index (χ2v) is 11.8. The minimum Gasteiger partial charge on any atom is -0.488 e. The Hall–Kier alpha value is -4.55. The zero-order valence-corrected chi connectivity index (χ0v) is 23.2. The summed E-state index contributed by atoms with van der Waals surface area (Å²) in [5, 5.41) is 3.85. The van der Waals surface area contributed by atoms with Crippen LogP contribution in [0.1, 0.15) is 40.8 Å². The number of nitrogens with one attached hydrogen (secondary N) is 1. The number of sulfone groups is 1. The minimum atomic E-state index is -3.50. The predicted octanol–water partition coefficient (Wildman–Crippen LogP) is 4.32. The molecular formula is C29H25FN4O6S. The number of H-pyrrole nitrogens is 1. The molecule has 1 N–H and O–H groups in total. The Balaban J connectivity index is 1.49. The average Bonchev–Trinajstić information content (AvgIpc) is 3.47. The Morgan fingerprint density at radius 2 is 1.95 bits per heavy atom. The van der Waals surface area contributed by atoms with Crippen molar-refractivity contribution in [3.05, 3.63) is 105 Å². The predicted molar refractivity (Wildman–Crippen MR) is 149 cm³/mol. The van der Waals surface area contributed by atoms with E-state index in [4.69, 9.17) is 14.0 Å². The van der Waals surface area contributed by atoms with Crippen molar-refractivity contribution in [2.45, 2.75) is 31.6 Å². The van der Waals surface area contributed by atoms with Crippen LogP contribution in [0.25, 0.3) is 22.2 Å². The summed E-state index contributed by atoms with van der Waals surface area (Å²) in [6.07, 6.45) is 1.16. The second kappa shape index (κ2) is 10.1. The topological polar surface area (TPSA) is 129 Å². The van der Waals surface area contributed by atoms with Crippen molar-refractivity contribution in [2.75, 3.05) is 13.4 Å². The molecule has 0 radical (unpaired) electrons. The van der Waals surface area contributed by atoms with Crippen LogP contribution in [0, 0.1) is 5.82 Å². The summed E-state index contributed by atoms with van der Waals surface area (Å²) in [5.41, 5.74) is 5.60. The van der Waals surface area contributed by atoms with E-state index < -0.39 is 21.4 Å². The maximum absolute atomic E-state index is 14.2. The molecule has 1 aliphatic heterocycles. The van der Waals surface area contributed by atoms with Gasteiger partial charge in [-0.2, -0.15) is 0 Å². The molecule has 0 saturated heterocycles. The number of aromatic nitrogens is 4. The number of aromatic amines is 1. The first-order chi connectivity index (χ1) is 19.6. The van der Waals surface area contributed by atoms with Gasteiger partial charge in [-0.15, -0.1) is 0 Å². The number of rotatable bonds is 6. The van der Waals surface area contributed by atoms with Crippen LogP contribution in [-0.4, -0.2) is 41.5 Å². The van der Waals surface area contributed by atoms with Gasteiger partial charge >= 0.3 is 5.76 Å². The Morgan fingerprint density at radius 3 is 2.68 bits per heavy atom. The van der Waals surface area contributed by atoms with E-state index in [2.05, 4.69) is 15.1 Å². The molecule has 0 amide bonds. The number of allylic oxidation sites excluding steroid dienone is 1. The summed E-state index contributed by atoms with van der Waals surface area (Å²) in [6, 6.07) is 15.3. The molecule has 6 rings (SSSR count). The molecule has 0 unspecified atom stereocenters. The molecule has 1 aliphatic rings. The van der Waals surface area contributed by atoms with Crippen LogP contribution >= 0.6 is 0 Å². The molecule has 10 nitrogen and oxygen atoms in total. The highest BCUT2D eigenvalue weighted by molar-refractivity contribution is 7.91. The van der Waals surface area contributed by atoms with Crippen molar-refractivity contribution in [3.63, 3.8) is 0 Å². The highest BCUT2D eigenvalue weighted by atomic mass is 32.2. The fourth-order valence-corrected chi connectivity index (χ4v) is 6.04. The van der Waals surface area contributed by atoms with E-state index in [0.29, 0.717) is 40.3 Å². The van der Waals surface area contributed by atoms with E-state index >= 15 is 0 Å². The van der Waals surface area contributed by atoms with Gasteiger partial charge in [0.2, 0.25) is 0 Å². The zero-order chi connectivity index (χ0) is 28.9. The SMILES string of the molecule is COCc1nc2c(S(C)(=O)=O)cccc2n1Cc1ccc2c(c1)COc1cc(F)ccc1/C2=C(\C)c1noc(=O)[nH]1. The van der Waals surface area contributed by atoms with Crippen molar-refractivity contribution in [1.82, 2.24) is 19.7 Å². The standard InChI is InChI=1S/C29H25FN4O6S/c1-16(28-32-29(35)40-33-28)26-20-9-7-17(11-18(20)14-39-23-12-19(30)8-10-21(23)26)13-34-22-5-4-6-24(41(3,36)37)27(22)31-25(34)15-38-2/h4-12H,13-15H2,1-3H3,(H,32,33,35)/b26-16+. The third-order valence-corrected chi connectivity index (χ3v) is 8.17. The van der Waals surface area contributed by atoms with Gasteiger partial charge in [0.15, 0.2) is 15.7 Å². The third-order valence-electron chi connectivity index (χ3n) is 7.04. The number of hydrogen-bond acceptors (Lipinski definition) is 8. The molecule has 0 fully saturated rings. The first-order valence-corrected chi connectivity index (χ1v) is 14.5. The third kappa shape index (κ3) is 4.85. The molecule has 12 heteroatoms. The summed E-state index contributed by atoms with van der Waals surface area (Å²) < 4.78 is 57.1. The number of para-hydroxylation sites is 1. The number of halogens is 1. The Bertz CT molecular complexity index is 2020. The van der Waals surface area contributed by atoms with Crippen molar-refractivity contribution in [2.24, 2.45) is 0 Å². The van der Waals surface area contributed by atoms with E-state index in [1.165, 1.54) is 12.1 Å². The van der Waals surface area contributed by atoms with E-state index in [1.54, 1.807) is 32.2 Å². The number of imidazole rings is 1. The maximum Gasteiger partial charge on any atom is 0.439 e. The molecule has 0 saturated carbocycles. The van der Waals surface area contributed by atoms with Gasteiger partial charge in [-0.3, -0.25) is 9.51 Å². The van der Waals surface area contributed by atoms with Crippen LogP contribution in [0.3, 0.4) is 0 Å². The van der Waals surface area contributed by atoms with Gasteiger partial charge < -0.3 is 14.0 Å². The summed E-state index contributed by atoms with van der Waals surface area (Å²) in [5.74, 6) is 0.0813. The summed E-state index contributed by atoms with van der Waals surface area (Å²) in [4.78, 5) is 19.1. The van der Waals surface area contributed by atoms with E-state index in [0.717, 1.165) is 28.5 Å². The Kier molecular flexibility index (Phi) is 6.59. The quantitative estimate of drug-likeness (QED) is 0.316. The van der Waals surface area contributed by atoms with Gasteiger partial charge in [-0.1, -0.05) is 23.4 Å². The monoisotopic (exact) mass is 576 g/mol. The van der Waals surface area contributed by atoms with Crippen LogP contribution in [0.4, 0.5) is 4.39 Å². The molecule has 0 aliphatic carbocycles. The fraction of sp³-hybridized carbons (Fsp3) is 0.207. The molecule has 3 heterocycles. The highest BCUT2D eigenvalue weighted by Gasteiger charge is 2.25. The number of hydrogen-bond donors (Lipinski definition) is 1. The Labute approximate surface area is 234 Å². The normalized spacial score (nSPS) is 14.3. The summed E-state index contributed by atoms with van der Waals surface area (Å²) in [7, 11) is -1.95. The highest BCUT2D eigenvalue weighted by Crippen LogP contribution is 2.41. The molecule has 2 aromatic heterocycles. The summed E-state index contributed by atoms with van der Waals surface area (Å²) >= 11 is 0. The van der Waals surface area contributed by atoms with Gasteiger partial charge in [-0.05, 0) is 59.5 Å². The van der Waals surface area contributed by atoms with Gasteiger partial charge in [0.05, 0.1) is 10.4 Å². The van der Waals surface area contributed by atoms with Crippen molar-refractivity contribution >= 4 is 32.0 Å².